The van der Waals surface area contributed by atoms with Gasteiger partial charge in [-0.2, -0.15) is 0 Å². The molecule has 7 nitrogen and oxygen atoms in total. The topological polar surface area (TPSA) is 66.1 Å². The molecule has 26 heavy (non-hydrogen) atoms. The van der Waals surface area contributed by atoms with Crippen LogP contribution in [0, 0.1) is 0 Å². The minimum Gasteiger partial charge on any atom is -0.378 e. The van der Waals surface area contributed by atoms with Gasteiger partial charge >= 0.3 is 6.03 Å². The molecule has 0 saturated carbocycles. The molecule has 2 N–H and O–H groups in total. The summed E-state index contributed by atoms with van der Waals surface area (Å²) in [6.07, 6.45) is 0. The van der Waals surface area contributed by atoms with E-state index in [-0.39, 0.29) is 11.6 Å². The number of morpholine rings is 2. The third kappa shape index (κ3) is 5.02. The fourth-order valence-electron chi connectivity index (χ4n) is 3.20. The Hall–Kier alpha value is -1.99. The van der Waals surface area contributed by atoms with E-state index in [1.807, 2.05) is 26.8 Å². The molecule has 0 radical (unpaired) electrons. The van der Waals surface area contributed by atoms with Crippen molar-refractivity contribution in [2.24, 2.45) is 0 Å². The average molecular weight is 362 g/mol. The summed E-state index contributed by atoms with van der Waals surface area (Å²) < 4.78 is 10.9. The summed E-state index contributed by atoms with van der Waals surface area (Å²) in [6, 6.07) is 6.05. The van der Waals surface area contributed by atoms with Crippen LogP contribution in [0.15, 0.2) is 18.2 Å². The zero-order chi connectivity index (χ0) is 18.6. The molecule has 2 aliphatic rings. The van der Waals surface area contributed by atoms with Gasteiger partial charge in [-0.15, -0.1) is 0 Å². The van der Waals surface area contributed by atoms with Crippen LogP contribution >= 0.6 is 0 Å². The van der Waals surface area contributed by atoms with Gasteiger partial charge in [0.25, 0.3) is 0 Å². The van der Waals surface area contributed by atoms with Gasteiger partial charge in [-0.25, -0.2) is 4.79 Å². The predicted octanol–water partition coefficient (Wildman–Crippen LogP) is 2.28. The van der Waals surface area contributed by atoms with Gasteiger partial charge in [0.15, 0.2) is 0 Å². The van der Waals surface area contributed by atoms with E-state index in [0.29, 0.717) is 13.2 Å². The molecule has 1 aromatic rings. The highest BCUT2D eigenvalue weighted by Gasteiger charge is 2.20. The van der Waals surface area contributed by atoms with Crippen LogP contribution in [0.3, 0.4) is 0 Å². The number of anilines is 3. The number of ether oxygens (including phenoxy) is 2. The average Bonchev–Trinajstić information content (AvgIpc) is 2.62. The van der Waals surface area contributed by atoms with Crippen molar-refractivity contribution in [3.8, 4) is 0 Å². The van der Waals surface area contributed by atoms with E-state index in [1.54, 1.807) is 0 Å². The van der Waals surface area contributed by atoms with Crippen molar-refractivity contribution in [2.45, 2.75) is 26.3 Å². The minimum absolute atomic E-state index is 0.189. The number of carbonyl (C=O) groups excluding carboxylic acids is 1. The van der Waals surface area contributed by atoms with E-state index < -0.39 is 0 Å². The molecule has 2 amide bonds. The van der Waals surface area contributed by atoms with Gasteiger partial charge in [-0.1, -0.05) is 0 Å². The van der Waals surface area contributed by atoms with E-state index in [0.717, 1.165) is 56.5 Å². The van der Waals surface area contributed by atoms with Gasteiger partial charge < -0.3 is 29.9 Å². The molecule has 144 valence electrons. The van der Waals surface area contributed by atoms with Crippen molar-refractivity contribution < 1.29 is 14.3 Å². The fourth-order valence-corrected chi connectivity index (χ4v) is 3.20. The summed E-state index contributed by atoms with van der Waals surface area (Å²) >= 11 is 0. The van der Waals surface area contributed by atoms with Gasteiger partial charge in [0, 0.05) is 37.4 Å². The van der Waals surface area contributed by atoms with Crippen molar-refractivity contribution >= 4 is 23.1 Å². The molecule has 2 fully saturated rings. The van der Waals surface area contributed by atoms with Crippen LogP contribution in [-0.2, 0) is 9.47 Å². The van der Waals surface area contributed by atoms with Crippen molar-refractivity contribution in [2.75, 3.05) is 67.7 Å². The van der Waals surface area contributed by atoms with Crippen LogP contribution in [0.5, 0.6) is 0 Å². The Morgan fingerprint density at radius 3 is 2.12 bits per heavy atom. The Balaban J connectivity index is 1.83. The summed E-state index contributed by atoms with van der Waals surface area (Å²) in [7, 11) is 0. The smallest absolute Gasteiger partial charge is 0.319 e. The number of nitrogens with zero attached hydrogens (tertiary/aromatic N) is 2. The second-order valence-electron chi connectivity index (χ2n) is 7.73. The first-order valence-electron chi connectivity index (χ1n) is 9.31. The Bertz CT molecular complexity index is 618. The molecule has 0 aliphatic carbocycles. The van der Waals surface area contributed by atoms with Gasteiger partial charge in [0.1, 0.15) is 0 Å². The Morgan fingerprint density at radius 2 is 1.54 bits per heavy atom. The first-order valence-corrected chi connectivity index (χ1v) is 9.31. The largest absolute Gasteiger partial charge is 0.378 e. The second-order valence-corrected chi connectivity index (χ2v) is 7.73. The number of urea groups is 1. The molecule has 2 saturated heterocycles. The minimum atomic E-state index is -0.281. The highest BCUT2D eigenvalue weighted by Crippen LogP contribution is 2.32. The van der Waals surface area contributed by atoms with Crippen molar-refractivity contribution in [3.63, 3.8) is 0 Å². The monoisotopic (exact) mass is 362 g/mol. The SMILES string of the molecule is CC(C)(C)NC(=O)Nc1ccc(N2CCOCC2)cc1N1CCOCC1. The Morgan fingerprint density at radius 1 is 0.962 bits per heavy atom. The van der Waals surface area contributed by atoms with Gasteiger partial charge in [0.05, 0.1) is 37.8 Å². The first-order chi connectivity index (χ1) is 12.4. The van der Waals surface area contributed by atoms with Crippen molar-refractivity contribution in [1.29, 1.82) is 0 Å². The van der Waals surface area contributed by atoms with Crippen LogP contribution in [-0.4, -0.2) is 64.2 Å². The summed E-state index contributed by atoms with van der Waals surface area (Å²) in [6.45, 7) is 12.2. The van der Waals surface area contributed by atoms with Crippen LogP contribution in [0.2, 0.25) is 0 Å². The highest BCUT2D eigenvalue weighted by molar-refractivity contribution is 5.94. The molecule has 1 aromatic carbocycles. The maximum absolute atomic E-state index is 12.4. The number of rotatable bonds is 3. The standard InChI is InChI=1S/C19H30N4O3/c1-19(2,3)21-18(24)20-16-5-4-15(22-6-10-25-11-7-22)14-17(16)23-8-12-26-13-9-23/h4-5,14H,6-13H2,1-3H3,(H2,20,21,24). The highest BCUT2D eigenvalue weighted by atomic mass is 16.5. The Kier molecular flexibility index (Phi) is 5.88. The van der Waals surface area contributed by atoms with Gasteiger partial charge in [-0.3, -0.25) is 0 Å². The molecule has 0 atom stereocenters. The summed E-state index contributed by atoms with van der Waals surface area (Å²) in [4.78, 5) is 17.0. The molecule has 7 heteroatoms. The third-order valence-corrected chi connectivity index (χ3v) is 4.45. The maximum atomic E-state index is 12.4. The van der Waals surface area contributed by atoms with E-state index in [2.05, 4.69) is 32.6 Å². The number of carbonyl (C=O) groups is 1. The third-order valence-electron chi connectivity index (χ3n) is 4.45. The Labute approximate surface area is 155 Å². The summed E-state index contributed by atoms with van der Waals surface area (Å²) in [5.74, 6) is 0. The van der Waals surface area contributed by atoms with Crippen LogP contribution in [0.4, 0.5) is 21.9 Å². The molecule has 0 spiro atoms. The number of benzene rings is 1. The molecular weight excluding hydrogens is 332 g/mol. The van der Waals surface area contributed by atoms with E-state index in [9.17, 15) is 4.79 Å². The summed E-state index contributed by atoms with van der Waals surface area (Å²) in [5, 5.41) is 5.97. The lowest BCUT2D eigenvalue weighted by atomic mass is 10.1. The van der Waals surface area contributed by atoms with Crippen molar-refractivity contribution in [3.05, 3.63) is 18.2 Å². The zero-order valence-electron chi connectivity index (χ0n) is 16.0. The number of hydrogen-bond donors (Lipinski definition) is 2. The van der Waals surface area contributed by atoms with E-state index in [4.69, 9.17) is 9.47 Å². The van der Waals surface area contributed by atoms with E-state index >= 15 is 0 Å². The summed E-state index contributed by atoms with van der Waals surface area (Å²) in [5.41, 5.74) is 2.75. The molecule has 2 aliphatic heterocycles. The number of hydrogen-bond acceptors (Lipinski definition) is 5. The first kappa shape index (κ1) is 18.8. The number of nitrogens with one attached hydrogen (secondary N) is 2. The molecular formula is C19H30N4O3. The molecule has 0 bridgehead atoms. The zero-order valence-corrected chi connectivity index (χ0v) is 16.0. The molecule has 0 unspecified atom stereocenters. The second kappa shape index (κ2) is 8.14. The van der Waals surface area contributed by atoms with Crippen molar-refractivity contribution in [1.82, 2.24) is 5.32 Å². The van der Waals surface area contributed by atoms with Crippen LogP contribution in [0.1, 0.15) is 20.8 Å². The lowest BCUT2D eigenvalue weighted by molar-refractivity contribution is 0.122. The van der Waals surface area contributed by atoms with Crippen LogP contribution < -0.4 is 20.4 Å². The quantitative estimate of drug-likeness (QED) is 0.864. The van der Waals surface area contributed by atoms with Gasteiger partial charge in [0.2, 0.25) is 0 Å². The molecule has 2 heterocycles. The van der Waals surface area contributed by atoms with Gasteiger partial charge in [-0.05, 0) is 39.0 Å². The fraction of sp³-hybridized carbons (Fsp3) is 0.632. The predicted molar refractivity (Wildman–Crippen MR) is 104 cm³/mol. The van der Waals surface area contributed by atoms with Crippen LogP contribution in [0.25, 0.3) is 0 Å². The van der Waals surface area contributed by atoms with E-state index in [1.165, 1.54) is 0 Å². The molecule has 3 rings (SSSR count). The lowest BCUT2D eigenvalue weighted by Gasteiger charge is -2.34. The molecule has 0 aromatic heterocycles. The number of amides is 2. The maximum Gasteiger partial charge on any atom is 0.319 e. The normalized spacial score (nSPS) is 18.6. The lowest BCUT2D eigenvalue weighted by Crippen LogP contribution is -2.43.